The molecule has 0 fully saturated rings. The number of hydrogen-bond donors (Lipinski definition) is 0. The van der Waals surface area contributed by atoms with Crippen molar-refractivity contribution in [1.29, 1.82) is 0 Å². The minimum absolute atomic E-state index is 0.811. The van der Waals surface area contributed by atoms with E-state index in [1.54, 1.807) is 0 Å². The number of aryl methyl sites for hydroxylation is 1. The van der Waals surface area contributed by atoms with E-state index in [2.05, 4.69) is 147 Å². The summed E-state index contributed by atoms with van der Waals surface area (Å²) in [5.74, 6) is 0.811. The monoisotopic (exact) mass is 560 g/mol. The van der Waals surface area contributed by atoms with Crippen LogP contribution in [0.15, 0.2) is 144 Å². The molecule has 1 heterocycles. The van der Waals surface area contributed by atoms with Gasteiger partial charge in [-0.3, -0.25) is 0 Å². The van der Waals surface area contributed by atoms with Crippen molar-refractivity contribution in [2.75, 3.05) is 0 Å². The molecule has 0 saturated carbocycles. The van der Waals surface area contributed by atoms with Crippen LogP contribution in [0, 0.1) is 6.92 Å². The predicted molar refractivity (Wildman–Crippen MR) is 187 cm³/mol. The average Bonchev–Trinajstić information content (AvgIpc) is 3.61. The molecule has 44 heavy (non-hydrogen) atoms. The predicted octanol–water partition coefficient (Wildman–Crippen LogP) is 12.3. The molecule has 0 saturated heterocycles. The molecule has 1 aromatic heterocycles. The maximum absolute atomic E-state index is 6.68. The smallest absolute Gasteiger partial charge is 0.136 e. The lowest BCUT2D eigenvalue weighted by molar-refractivity contribution is 0.606. The largest absolute Gasteiger partial charge is 0.456 e. The molecule has 0 N–H and O–H groups in total. The summed E-state index contributed by atoms with van der Waals surface area (Å²) in [7, 11) is 0. The van der Waals surface area contributed by atoms with Crippen LogP contribution in [-0.2, 0) is 0 Å². The van der Waals surface area contributed by atoms with Crippen LogP contribution < -0.4 is 0 Å². The van der Waals surface area contributed by atoms with Gasteiger partial charge in [0.15, 0.2) is 0 Å². The first-order valence-corrected chi connectivity index (χ1v) is 15.2. The first-order chi connectivity index (χ1) is 21.7. The van der Waals surface area contributed by atoms with Crippen LogP contribution in [0.3, 0.4) is 0 Å². The fourth-order valence-corrected chi connectivity index (χ4v) is 7.55. The quantitative estimate of drug-likeness (QED) is 0.209. The lowest BCUT2D eigenvalue weighted by Gasteiger charge is -2.20. The van der Waals surface area contributed by atoms with Crippen LogP contribution in [0.2, 0.25) is 0 Å². The van der Waals surface area contributed by atoms with Crippen LogP contribution in [0.1, 0.15) is 11.3 Å². The van der Waals surface area contributed by atoms with Crippen molar-refractivity contribution in [3.8, 4) is 55.6 Å². The van der Waals surface area contributed by atoms with E-state index in [1.807, 2.05) is 6.08 Å². The lowest BCUT2D eigenvalue weighted by Crippen LogP contribution is -1.93. The van der Waals surface area contributed by atoms with E-state index in [9.17, 15) is 0 Å². The molecule has 1 aliphatic carbocycles. The Morgan fingerprint density at radius 1 is 0.477 bits per heavy atom. The first-order valence-electron chi connectivity index (χ1n) is 15.2. The molecular formula is C43H28O. The van der Waals surface area contributed by atoms with Crippen molar-refractivity contribution >= 4 is 38.6 Å². The molecule has 8 aromatic rings. The van der Waals surface area contributed by atoms with Crippen LogP contribution in [-0.4, -0.2) is 0 Å². The number of rotatable bonds is 4. The highest BCUT2D eigenvalue weighted by atomic mass is 16.3. The van der Waals surface area contributed by atoms with Gasteiger partial charge in [-0.05, 0) is 96.2 Å². The van der Waals surface area contributed by atoms with Gasteiger partial charge in [0, 0.05) is 10.9 Å². The van der Waals surface area contributed by atoms with Crippen molar-refractivity contribution in [3.05, 3.63) is 151 Å². The zero-order chi connectivity index (χ0) is 29.4. The summed E-state index contributed by atoms with van der Waals surface area (Å²) >= 11 is 0. The Hall–Kier alpha value is -5.66. The normalized spacial score (nSPS) is 11.8. The summed E-state index contributed by atoms with van der Waals surface area (Å²) in [6.45, 7) is 6.32. The molecule has 0 bridgehead atoms. The molecule has 0 radical (unpaired) electrons. The van der Waals surface area contributed by atoms with E-state index in [-0.39, 0.29) is 0 Å². The minimum atomic E-state index is 0.811. The van der Waals surface area contributed by atoms with Crippen molar-refractivity contribution in [2.45, 2.75) is 6.92 Å². The molecule has 9 rings (SSSR count). The molecule has 1 nitrogen and oxygen atoms in total. The van der Waals surface area contributed by atoms with Crippen molar-refractivity contribution < 1.29 is 4.42 Å². The van der Waals surface area contributed by atoms with Gasteiger partial charge in [0.05, 0.1) is 0 Å². The topological polar surface area (TPSA) is 13.1 Å². The SMILES string of the molecule is C=Cc1oc2cc3c4c(cccc4c2c1-c1ccccc1C)-c1c-3c(-c2ccccc2)c2ccccc2c1-c1ccccc1. The van der Waals surface area contributed by atoms with Gasteiger partial charge in [0.2, 0.25) is 0 Å². The Bertz CT molecular complexity index is 2440. The van der Waals surface area contributed by atoms with Gasteiger partial charge in [-0.1, -0.05) is 134 Å². The van der Waals surface area contributed by atoms with Crippen molar-refractivity contribution in [1.82, 2.24) is 0 Å². The standard InChI is InChI=1S/C43H28O/c1-3-35-40(29-20-11-10-15-26(29)2)41-32-23-14-24-33-39(32)34(25-36(41)44-35)43-38(28-18-8-5-9-19-28)31-22-13-12-21-30(31)37(42(33)43)27-16-6-4-7-17-27/h3-25H,1H2,2H3. The molecule has 0 unspecified atom stereocenters. The van der Waals surface area contributed by atoms with E-state index >= 15 is 0 Å². The summed E-state index contributed by atoms with van der Waals surface area (Å²) < 4.78 is 6.68. The van der Waals surface area contributed by atoms with Gasteiger partial charge in [-0.15, -0.1) is 0 Å². The summed E-state index contributed by atoms with van der Waals surface area (Å²) in [4.78, 5) is 0. The molecule has 1 heteroatoms. The molecule has 0 aliphatic heterocycles. The van der Waals surface area contributed by atoms with Gasteiger partial charge >= 0.3 is 0 Å². The zero-order valence-electron chi connectivity index (χ0n) is 24.4. The summed E-state index contributed by atoms with van der Waals surface area (Å²) in [5, 5.41) is 6.16. The highest BCUT2D eigenvalue weighted by Gasteiger charge is 2.32. The maximum Gasteiger partial charge on any atom is 0.136 e. The van der Waals surface area contributed by atoms with Gasteiger partial charge in [-0.25, -0.2) is 0 Å². The summed E-state index contributed by atoms with van der Waals surface area (Å²) in [5.41, 5.74) is 14.4. The number of fused-ring (bicyclic) bond motifs is 6. The van der Waals surface area contributed by atoms with E-state index in [4.69, 9.17) is 4.42 Å². The molecule has 0 amide bonds. The molecule has 206 valence electrons. The van der Waals surface area contributed by atoms with Crippen LogP contribution in [0.4, 0.5) is 0 Å². The average molecular weight is 561 g/mol. The van der Waals surface area contributed by atoms with Gasteiger partial charge in [0.25, 0.3) is 0 Å². The third-order valence-corrected chi connectivity index (χ3v) is 9.32. The minimum Gasteiger partial charge on any atom is -0.456 e. The van der Waals surface area contributed by atoms with Crippen LogP contribution in [0.5, 0.6) is 0 Å². The van der Waals surface area contributed by atoms with E-state index < -0.39 is 0 Å². The second-order valence-corrected chi connectivity index (χ2v) is 11.7. The van der Waals surface area contributed by atoms with Crippen LogP contribution in [0.25, 0.3) is 94.2 Å². The van der Waals surface area contributed by atoms with Gasteiger partial charge in [0.1, 0.15) is 11.3 Å². The Labute approximate surface area is 256 Å². The second kappa shape index (κ2) is 9.42. The highest BCUT2D eigenvalue weighted by molar-refractivity contribution is 6.32. The Kier molecular flexibility index (Phi) is 5.33. The van der Waals surface area contributed by atoms with Crippen molar-refractivity contribution in [3.63, 3.8) is 0 Å². The Balaban J connectivity index is 1.51. The fraction of sp³-hybridized carbons (Fsp3) is 0.0233. The highest BCUT2D eigenvalue weighted by Crippen LogP contribution is 2.59. The molecule has 1 aliphatic rings. The summed E-state index contributed by atoms with van der Waals surface area (Å²) in [6, 6.07) is 48.2. The maximum atomic E-state index is 6.68. The number of hydrogen-bond acceptors (Lipinski definition) is 1. The van der Waals surface area contributed by atoms with Gasteiger partial charge < -0.3 is 4.42 Å². The van der Waals surface area contributed by atoms with Crippen LogP contribution >= 0.6 is 0 Å². The molecule has 7 aromatic carbocycles. The molecule has 0 spiro atoms. The van der Waals surface area contributed by atoms with E-state index in [0.717, 1.165) is 22.3 Å². The van der Waals surface area contributed by atoms with Gasteiger partial charge in [-0.2, -0.15) is 0 Å². The third-order valence-electron chi connectivity index (χ3n) is 9.32. The Morgan fingerprint density at radius 2 is 1.02 bits per heavy atom. The number of benzene rings is 7. The second-order valence-electron chi connectivity index (χ2n) is 11.7. The number of furan rings is 1. The molecule has 0 atom stereocenters. The van der Waals surface area contributed by atoms with Crippen molar-refractivity contribution in [2.24, 2.45) is 0 Å². The Morgan fingerprint density at radius 3 is 1.66 bits per heavy atom. The summed E-state index contributed by atoms with van der Waals surface area (Å²) in [6.07, 6.45) is 1.85. The third kappa shape index (κ3) is 3.35. The fourth-order valence-electron chi connectivity index (χ4n) is 7.55. The van der Waals surface area contributed by atoms with E-state index in [1.165, 1.54) is 77.2 Å². The zero-order valence-corrected chi connectivity index (χ0v) is 24.4. The first kappa shape index (κ1) is 24.9. The lowest BCUT2D eigenvalue weighted by atomic mass is 9.82. The molecular weight excluding hydrogens is 532 g/mol. The van der Waals surface area contributed by atoms with E-state index in [0.29, 0.717) is 0 Å².